The minimum absolute atomic E-state index is 0.0188. The number of nitrogens with zero attached hydrogens (tertiary/aromatic N) is 2. The Morgan fingerprint density at radius 3 is 2.41 bits per heavy atom. The minimum Gasteiger partial charge on any atom is -0.482 e. The fourth-order valence-electron chi connectivity index (χ4n) is 3.34. The maximum atomic E-state index is 13.1. The van der Waals surface area contributed by atoms with E-state index >= 15 is 0 Å². The number of anilines is 1. The van der Waals surface area contributed by atoms with Crippen molar-refractivity contribution in [2.45, 2.75) is 32.4 Å². The highest BCUT2D eigenvalue weighted by molar-refractivity contribution is 6.00. The molecule has 1 atom stereocenters. The third-order valence-electron chi connectivity index (χ3n) is 5.00. The van der Waals surface area contributed by atoms with E-state index in [1.165, 1.54) is 4.90 Å². The number of carboxylic acid groups (broad SMARTS) is 1. The summed E-state index contributed by atoms with van der Waals surface area (Å²) in [6, 6.07) is 14.0. The lowest BCUT2D eigenvalue weighted by Gasteiger charge is -2.28. The Kier molecular flexibility index (Phi) is 6.16. The van der Waals surface area contributed by atoms with Gasteiger partial charge in [0.05, 0.1) is 0 Å². The largest absolute Gasteiger partial charge is 0.482 e. The molecule has 1 aliphatic heterocycles. The van der Waals surface area contributed by atoms with Crippen LogP contribution in [0.15, 0.2) is 48.5 Å². The molecule has 0 saturated carbocycles. The quantitative estimate of drug-likeness (QED) is 0.777. The smallest absolute Gasteiger partial charge is 0.341 e. The number of ether oxygens (including phenoxy) is 1. The van der Waals surface area contributed by atoms with Gasteiger partial charge in [-0.3, -0.25) is 9.59 Å². The molecule has 0 aromatic heterocycles. The monoisotopic (exact) mass is 396 g/mol. The molecule has 1 fully saturated rings. The van der Waals surface area contributed by atoms with Gasteiger partial charge in [-0.05, 0) is 43.2 Å². The number of amides is 2. The summed E-state index contributed by atoms with van der Waals surface area (Å²) in [5.74, 6) is -0.813. The van der Waals surface area contributed by atoms with Crippen LogP contribution in [0.2, 0.25) is 0 Å². The molecule has 1 heterocycles. The van der Waals surface area contributed by atoms with Gasteiger partial charge in [-0.2, -0.15) is 0 Å². The summed E-state index contributed by atoms with van der Waals surface area (Å²) in [6.45, 7) is 1.99. The van der Waals surface area contributed by atoms with Crippen molar-refractivity contribution in [3.63, 3.8) is 0 Å². The lowest BCUT2D eigenvalue weighted by molar-refractivity contribution is -0.139. The van der Waals surface area contributed by atoms with E-state index in [1.54, 1.807) is 36.2 Å². The maximum Gasteiger partial charge on any atom is 0.341 e. The van der Waals surface area contributed by atoms with Crippen molar-refractivity contribution in [1.29, 1.82) is 0 Å². The Bertz CT molecular complexity index is 892. The molecule has 29 heavy (non-hydrogen) atoms. The Hall–Kier alpha value is -3.35. The van der Waals surface area contributed by atoms with Crippen LogP contribution in [0.1, 0.15) is 24.0 Å². The number of likely N-dealkylation sites (tertiary alicyclic amines) is 1. The molecular weight excluding hydrogens is 372 g/mol. The molecule has 152 valence electrons. The number of aryl methyl sites for hydroxylation is 1. The van der Waals surface area contributed by atoms with Crippen LogP contribution in [0.25, 0.3) is 0 Å². The molecule has 1 unspecified atom stereocenters. The first kappa shape index (κ1) is 20.4. The van der Waals surface area contributed by atoms with Crippen LogP contribution >= 0.6 is 0 Å². The van der Waals surface area contributed by atoms with E-state index < -0.39 is 18.6 Å². The van der Waals surface area contributed by atoms with Crippen molar-refractivity contribution in [3.8, 4) is 5.75 Å². The van der Waals surface area contributed by atoms with E-state index in [2.05, 4.69) is 0 Å². The zero-order chi connectivity index (χ0) is 21.0. The first-order valence-corrected chi connectivity index (χ1v) is 9.42. The summed E-state index contributed by atoms with van der Waals surface area (Å²) >= 11 is 0. The van der Waals surface area contributed by atoms with E-state index in [0.29, 0.717) is 30.8 Å². The number of likely N-dealkylation sites (N-methyl/N-ethyl adjacent to an activating group) is 1. The van der Waals surface area contributed by atoms with Gasteiger partial charge in [0, 0.05) is 25.7 Å². The highest BCUT2D eigenvalue weighted by Gasteiger charge is 2.37. The number of carbonyl (C=O) groups excluding carboxylic acids is 2. The number of hydrogen-bond donors (Lipinski definition) is 1. The Morgan fingerprint density at radius 1 is 1.14 bits per heavy atom. The zero-order valence-corrected chi connectivity index (χ0v) is 16.5. The van der Waals surface area contributed by atoms with E-state index in [0.717, 1.165) is 11.1 Å². The molecular formula is C22H24N2O5. The lowest BCUT2D eigenvalue weighted by Crippen LogP contribution is -2.45. The van der Waals surface area contributed by atoms with Crippen LogP contribution in [0.3, 0.4) is 0 Å². The van der Waals surface area contributed by atoms with Crippen molar-refractivity contribution >= 4 is 23.5 Å². The average molecular weight is 396 g/mol. The Labute approximate surface area is 169 Å². The molecule has 2 aromatic rings. The molecule has 2 aromatic carbocycles. The summed E-state index contributed by atoms with van der Waals surface area (Å²) in [4.78, 5) is 39.2. The van der Waals surface area contributed by atoms with Gasteiger partial charge in [-0.25, -0.2) is 4.79 Å². The molecule has 0 bridgehead atoms. The molecule has 1 N–H and O–H groups in total. The molecule has 1 aliphatic rings. The number of rotatable bonds is 7. The molecule has 2 amide bonds. The van der Waals surface area contributed by atoms with Crippen LogP contribution in [0.5, 0.6) is 5.75 Å². The highest BCUT2D eigenvalue weighted by Crippen LogP contribution is 2.26. The average Bonchev–Trinajstić information content (AvgIpc) is 3.07. The van der Waals surface area contributed by atoms with Gasteiger partial charge in [-0.15, -0.1) is 0 Å². The second-order valence-electron chi connectivity index (χ2n) is 7.14. The van der Waals surface area contributed by atoms with Crippen LogP contribution in [0, 0.1) is 6.92 Å². The first-order valence-electron chi connectivity index (χ1n) is 9.42. The summed E-state index contributed by atoms with van der Waals surface area (Å²) in [5, 5.41) is 8.67. The lowest BCUT2D eigenvalue weighted by atomic mass is 10.1. The fraction of sp³-hybridized carbons (Fsp3) is 0.318. The van der Waals surface area contributed by atoms with E-state index in [4.69, 9.17) is 9.84 Å². The topological polar surface area (TPSA) is 87.2 Å². The molecule has 7 nitrogen and oxygen atoms in total. The van der Waals surface area contributed by atoms with Crippen molar-refractivity contribution < 1.29 is 24.2 Å². The summed E-state index contributed by atoms with van der Waals surface area (Å²) in [6.07, 6.45) is 0.853. The maximum absolute atomic E-state index is 13.1. The fourth-order valence-corrected chi connectivity index (χ4v) is 3.34. The van der Waals surface area contributed by atoms with Crippen molar-refractivity contribution in [3.05, 3.63) is 59.7 Å². The van der Waals surface area contributed by atoms with E-state index in [1.807, 2.05) is 31.2 Å². The molecule has 3 rings (SSSR count). The van der Waals surface area contributed by atoms with Gasteiger partial charge < -0.3 is 19.6 Å². The van der Waals surface area contributed by atoms with Gasteiger partial charge in [-0.1, -0.05) is 29.8 Å². The van der Waals surface area contributed by atoms with Gasteiger partial charge in [0.2, 0.25) is 11.8 Å². The Balaban J connectivity index is 1.69. The minimum atomic E-state index is -1.05. The molecule has 0 spiro atoms. The zero-order valence-electron chi connectivity index (χ0n) is 16.5. The second-order valence-corrected chi connectivity index (χ2v) is 7.14. The summed E-state index contributed by atoms with van der Waals surface area (Å²) in [7, 11) is 1.67. The van der Waals surface area contributed by atoms with Gasteiger partial charge in [0.1, 0.15) is 11.8 Å². The number of hydrogen-bond acceptors (Lipinski definition) is 4. The normalized spacial score (nSPS) is 16.0. The van der Waals surface area contributed by atoms with Crippen molar-refractivity contribution in [2.75, 3.05) is 18.6 Å². The predicted molar refractivity (Wildman–Crippen MR) is 108 cm³/mol. The standard InChI is InChI=1S/C22H24N2O5/c1-15-3-5-16(6-4-15)13-24-19(11-12-20(24)25)22(28)23(2)17-7-9-18(10-8-17)29-14-21(26)27/h3-10,19H,11-14H2,1-2H3,(H,26,27). The number of carbonyl (C=O) groups is 3. The number of benzene rings is 2. The van der Waals surface area contributed by atoms with Crippen molar-refractivity contribution in [2.24, 2.45) is 0 Å². The SMILES string of the molecule is Cc1ccc(CN2C(=O)CCC2C(=O)N(C)c2ccc(OCC(=O)O)cc2)cc1. The van der Waals surface area contributed by atoms with Crippen molar-refractivity contribution in [1.82, 2.24) is 4.90 Å². The van der Waals surface area contributed by atoms with Crippen LogP contribution in [0.4, 0.5) is 5.69 Å². The number of aliphatic carboxylic acids is 1. The highest BCUT2D eigenvalue weighted by atomic mass is 16.5. The molecule has 7 heteroatoms. The third kappa shape index (κ3) is 4.93. The summed E-state index contributed by atoms with van der Waals surface area (Å²) in [5.41, 5.74) is 2.78. The van der Waals surface area contributed by atoms with E-state index in [-0.39, 0.29) is 11.8 Å². The number of carboxylic acids is 1. The third-order valence-corrected chi connectivity index (χ3v) is 5.00. The van der Waals surface area contributed by atoms with Crippen LogP contribution in [-0.4, -0.2) is 47.5 Å². The van der Waals surface area contributed by atoms with Crippen LogP contribution < -0.4 is 9.64 Å². The predicted octanol–water partition coefficient (Wildman–Crippen LogP) is 2.61. The first-order chi connectivity index (χ1) is 13.8. The summed E-state index contributed by atoms with van der Waals surface area (Å²) < 4.78 is 5.11. The van der Waals surface area contributed by atoms with Gasteiger partial charge >= 0.3 is 5.97 Å². The molecule has 0 aliphatic carbocycles. The molecule has 1 saturated heterocycles. The second kappa shape index (κ2) is 8.77. The Morgan fingerprint density at radius 2 is 1.79 bits per heavy atom. The molecule has 0 radical (unpaired) electrons. The van der Waals surface area contributed by atoms with Gasteiger partial charge in [0.25, 0.3) is 0 Å². The van der Waals surface area contributed by atoms with Gasteiger partial charge in [0.15, 0.2) is 6.61 Å². The van der Waals surface area contributed by atoms with Crippen LogP contribution in [-0.2, 0) is 20.9 Å². The van der Waals surface area contributed by atoms with E-state index in [9.17, 15) is 14.4 Å².